The molecule has 2 aromatic carbocycles. The van der Waals surface area contributed by atoms with Crippen LogP contribution in [0.4, 0.5) is 0 Å². The number of rotatable bonds is 7. The molecule has 0 heterocycles. The second-order valence-electron chi connectivity index (χ2n) is 6.65. The highest BCUT2D eigenvalue weighted by Gasteiger charge is 2.18. The summed E-state index contributed by atoms with van der Waals surface area (Å²) in [5, 5.41) is 0. The number of aryl methyl sites for hydroxylation is 1. The van der Waals surface area contributed by atoms with Crippen molar-refractivity contribution in [2.45, 2.75) is 45.6 Å². The number of fused-ring (bicyclic) bond motifs is 1. The van der Waals surface area contributed by atoms with Crippen LogP contribution in [0.3, 0.4) is 0 Å². The molecule has 0 spiro atoms. The summed E-state index contributed by atoms with van der Waals surface area (Å²) >= 11 is 0. The topological polar surface area (TPSA) is 18.5 Å². The van der Waals surface area contributed by atoms with Gasteiger partial charge < -0.3 is 9.47 Å². The Bertz CT molecular complexity index is 621. The van der Waals surface area contributed by atoms with Crippen LogP contribution in [0.2, 0.25) is 0 Å². The van der Waals surface area contributed by atoms with Gasteiger partial charge in [-0.2, -0.15) is 0 Å². The molecule has 0 radical (unpaired) electrons. The van der Waals surface area contributed by atoms with Gasteiger partial charge in [-0.25, -0.2) is 0 Å². The van der Waals surface area contributed by atoms with E-state index < -0.39 is 0 Å². The zero-order valence-electron chi connectivity index (χ0n) is 14.7. The molecule has 2 heteroatoms. The Kier molecular flexibility index (Phi) is 6.31. The van der Waals surface area contributed by atoms with Crippen molar-refractivity contribution >= 4 is 0 Å². The molecule has 2 aromatic rings. The van der Waals surface area contributed by atoms with E-state index in [0.29, 0.717) is 19.8 Å². The predicted octanol–water partition coefficient (Wildman–Crippen LogP) is 5.19. The second kappa shape index (κ2) is 8.89. The minimum Gasteiger partial charge on any atom is -0.491 e. The highest BCUT2D eigenvalue weighted by molar-refractivity contribution is 5.41. The van der Waals surface area contributed by atoms with Gasteiger partial charge in [0.2, 0.25) is 0 Å². The van der Waals surface area contributed by atoms with Crippen LogP contribution in [0.25, 0.3) is 0 Å². The molecule has 0 fully saturated rings. The average Bonchev–Trinajstić information content (AvgIpc) is 2.85. The van der Waals surface area contributed by atoms with Crippen LogP contribution in [0.1, 0.15) is 42.9 Å². The summed E-state index contributed by atoms with van der Waals surface area (Å²) in [6.07, 6.45) is 6.24. The van der Waals surface area contributed by atoms with Crippen molar-refractivity contribution in [3.8, 4) is 5.75 Å². The van der Waals surface area contributed by atoms with Crippen LogP contribution in [0.5, 0.6) is 5.75 Å². The van der Waals surface area contributed by atoms with Gasteiger partial charge in [0.15, 0.2) is 0 Å². The first-order valence-corrected chi connectivity index (χ1v) is 9.22. The summed E-state index contributed by atoms with van der Waals surface area (Å²) in [6.45, 7) is 4.18. The van der Waals surface area contributed by atoms with Crippen molar-refractivity contribution in [3.63, 3.8) is 0 Å². The average molecular weight is 324 g/mol. The lowest BCUT2D eigenvalue weighted by Crippen LogP contribution is -2.10. The van der Waals surface area contributed by atoms with Crippen molar-refractivity contribution in [2.75, 3.05) is 13.2 Å². The number of hydrogen-bond acceptors (Lipinski definition) is 2. The zero-order chi connectivity index (χ0) is 16.6. The molecule has 1 aliphatic carbocycles. The van der Waals surface area contributed by atoms with E-state index >= 15 is 0 Å². The second-order valence-corrected chi connectivity index (χ2v) is 6.65. The Morgan fingerprint density at radius 2 is 1.88 bits per heavy atom. The Hall–Kier alpha value is -1.80. The molecule has 24 heavy (non-hydrogen) atoms. The summed E-state index contributed by atoms with van der Waals surface area (Å²) in [5.41, 5.74) is 4.12. The van der Waals surface area contributed by atoms with E-state index in [2.05, 4.69) is 37.3 Å². The molecular weight excluding hydrogens is 296 g/mol. The maximum atomic E-state index is 6.07. The molecule has 0 bridgehead atoms. The van der Waals surface area contributed by atoms with E-state index in [1.807, 2.05) is 18.2 Å². The number of benzene rings is 2. The van der Waals surface area contributed by atoms with E-state index in [1.165, 1.54) is 42.4 Å². The van der Waals surface area contributed by atoms with Gasteiger partial charge in [0, 0.05) is 0 Å². The lowest BCUT2D eigenvalue weighted by molar-refractivity contribution is 0.0885. The van der Waals surface area contributed by atoms with Gasteiger partial charge in [0.05, 0.1) is 13.2 Å². The largest absolute Gasteiger partial charge is 0.491 e. The molecule has 0 amide bonds. The standard InChI is InChI=1S/C22H28O2/c1-2-18-10-6-11-20-12-7-13-22(21(20)16-18)24-15-14-23-17-19-8-4-3-5-9-19/h3-5,7-9,12-13,18H,2,6,10-11,14-17H2,1H3. The van der Waals surface area contributed by atoms with Gasteiger partial charge in [-0.1, -0.05) is 55.8 Å². The van der Waals surface area contributed by atoms with Crippen molar-refractivity contribution in [1.82, 2.24) is 0 Å². The monoisotopic (exact) mass is 324 g/mol. The smallest absolute Gasteiger partial charge is 0.122 e. The predicted molar refractivity (Wildman–Crippen MR) is 98.5 cm³/mol. The van der Waals surface area contributed by atoms with Crippen LogP contribution in [0.15, 0.2) is 48.5 Å². The molecule has 128 valence electrons. The van der Waals surface area contributed by atoms with Gasteiger partial charge >= 0.3 is 0 Å². The maximum Gasteiger partial charge on any atom is 0.122 e. The summed E-state index contributed by atoms with van der Waals surface area (Å²) in [7, 11) is 0. The molecule has 1 unspecified atom stereocenters. The SMILES string of the molecule is CCC1CCCc2cccc(OCCOCc3ccccc3)c2C1. The summed E-state index contributed by atoms with van der Waals surface area (Å²) in [6, 6.07) is 16.8. The van der Waals surface area contributed by atoms with E-state index in [9.17, 15) is 0 Å². The Labute approximate surface area is 145 Å². The normalized spacial score (nSPS) is 17.1. The van der Waals surface area contributed by atoms with Crippen LogP contribution >= 0.6 is 0 Å². The number of ether oxygens (including phenoxy) is 2. The Morgan fingerprint density at radius 3 is 2.71 bits per heavy atom. The Morgan fingerprint density at radius 1 is 1.00 bits per heavy atom. The van der Waals surface area contributed by atoms with Gasteiger partial charge in [-0.3, -0.25) is 0 Å². The van der Waals surface area contributed by atoms with Crippen LogP contribution in [-0.4, -0.2) is 13.2 Å². The summed E-state index contributed by atoms with van der Waals surface area (Å²) in [5.74, 6) is 1.86. The van der Waals surface area contributed by atoms with Gasteiger partial charge in [0.1, 0.15) is 12.4 Å². The summed E-state index contributed by atoms with van der Waals surface area (Å²) in [4.78, 5) is 0. The number of hydrogen-bond donors (Lipinski definition) is 0. The van der Waals surface area contributed by atoms with E-state index in [-0.39, 0.29) is 0 Å². The highest BCUT2D eigenvalue weighted by atomic mass is 16.5. The maximum absolute atomic E-state index is 6.07. The van der Waals surface area contributed by atoms with E-state index in [1.54, 1.807) is 0 Å². The molecular formula is C22H28O2. The third-order valence-electron chi connectivity index (χ3n) is 4.96. The van der Waals surface area contributed by atoms with Gasteiger partial charge in [0.25, 0.3) is 0 Å². The van der Waals surface area contributed by atoms with Crippen LogP contribution in [0, 0.1) is 5.92 Å². The van der Waals surface area contributed by atoms with Crippen molar-refractivity contribution in [1.29, 1.82) is 0 Å². The van der Waals surface area contributed by atoms with Crippen molar-refractivity contribution < 1.29 is 9.47 Å². The lowest BCUT2D eigenvalue weighted by Gasteiger charge is -2.16. The molecule has 3 rings (SSSR count). The molecule has 0 aliphatic heterocycles. The van der Waals surface area contributed by atoms with Gasteiger partial charge in [-0.05, 0) is 54.4 Å². The molecule has 1 atom stereocenters. The first-order valence-electron chi connectivity index (χ1n) is 9.22. The Balaban J connectivity index is 1.52. The van der Waals surface area contributed by atoms with Crippen LogP contribution in [-0.2, 0) is 24.2 Å². The van der Waals surface area contributed by atoms with Gasteiger partial charge in [-0.15, -0.1) is 0 Å². The van der Waals surface area contributed by atoms with E-state index in [4.69, 9.17) is 9.47 Å². The molecule has 2 nitrogen and oxygen atoms in total. The minimum absolute atomic E-state index is 0.611. The first-order chi connectivity index (χ1) is 11.9. The fourth-order valence-electron chi connectivity index (χ4n) is 3.51. The van der Waals surface area contributed by atoms with E-state index in [0.717, 1.165) is 18.1 Å². The minimum atomic E-state index is 0.611. The first kappa shape index (κ1) is 17.0. The lowest BCUT2D eigenvalue weighted by atomic mass is 9.94. The third-order valence-corrected chi connectivity index (χ3v) is 4.96. The highest BCUT2D eigenvalue weighted by Crippen LogP contribution is 2.32. The summed E-state index contributed by atoms with van der Waals surface area (Å²) < 4.78 is 11.8. The molecule has 0 aromatic heterocycles. The van der Waals surface area contributed by atoms with Crippen LogP contribution < -0.4 is 4.74 Å². The third kappa shape index (κ3) is 4.61. The van der Waals surface area contributed by atoms with Crippen molar-refractivity contribution in [3.05, 3.63) is 65.2 Å². The molecule has 0 saturated heterocycles. The molecule has 1 aliphatic rings. The molecule has 0 saturated carbocycles. The quantitative estimate of drug-likeness (QED) is 0.515. The zero-order valence-corrected chi connectivity index (χ0v) is 14.7. The fraction of sp³-hybridized carbons (Fsp3) is 0.455. The van der Waals surface area contributed by atoms with Crippen molar-refractivity contribution in [2.24, 2.45) is 5.92 Å². The molecule has 0 N–H and O–H groups in total. The fourth-order valence-corrected chi connectivity index (χ4v) is 3.51.